The molecule has 0 radical (unpaired) electrons. The second kappa shape index (κ2) is 5.45. The van der Waals surface area contributed by atoms with E-state index in [1.807, 2.05) is 0 Å². The molecule has 2 rings (SSSR count). The van der Waals surface area contributed by atoms with Crippen molar-refractivity contribution in [2.24, 2.45) is 7.05 Å². The number of pyridine rings is 1. The topological polar surface area (TPSA) is 75.6 Å². The Morgan fingerprint density at radius 3 is 2.94 bits per heavy atom. The summed E-state index contributed by atoms with van der Waals surface area (Å²) >= 11 is 7.46. The molecule has 0 aliphatic carbocycles. The van der Waals surface area contributed by atoms with Gasteiger partial charge in [-0.2, -0.15) is 0 Å². The van der Waals surface area contributed by atoms with E-state index in [1.165, 1.54) is 16.3 Å². The first-order chi connectivity index (χ1) is 8.61. The summed E-state index contributed by atoms with van der Waals surface area (Å²) in [5.41, 5.74) is 0.518. The van der Waals surface area contributed by atoms with Gasteiger partial charge in [0.1, 0.15) is 5.82 Å². The number of aromatic nitrogens is 4. The van der Waals surface area contributed by atoms with Gasteiger partial charge in [-0.3, -0.25) is 4.57 Å². The lowest BCUT2D eigenvalue weighted by Crippen LogP contribution is -2.12. The van der Waals surface area contributed by atoms with Crippen LogP contribution in [0.15, 0.2) is 22.1 Å². The van der Waals surface area contributed by atoms with E-state index < -0.39 is 0 Å². The number of H-pyrrole nitrogens is 1. The molecule has 0 atom stereocenters. The van der Waals surface area contributed by atoms with Gasteiger partial charge in [-0.25, -0.2) is 14.9 Å². The van der Waals surface area contributed by atoms with Crippen molar-refractivity contribution >= 4 is 29.2 Å². The summed E-state index contributed by atoms with van der Waals surface area (Å²) < 4.78 is 1.44. The molecule has 8 heteroatoms. The summed E-state index contributed by atoms with van der Waals surface area (Å²) in [6.07, 6.45) is 0. The van der Waals surface area contributed by atoms with Crippen LogP contribution in [0.4, 0.5) is 5.82 Å². The second-order valence-corrected chi connectivity index (χ2v) is 4.88. The quantitative estimate of drug-likeness (QED) is 0.833. The fraction of sp³-hybridized carbons (Fsp3) is 0.300. The third-order valence-corrected chi connectivity index (χ3v) is 3.74. The van der Waals surface area contributed by atoms with Gasteiger partial charge < -0.3 is 5.32 Å². The molecule has 2 heterocycles. The number of halogens is 1. The number of anilines is 1. The van der Waals surface area contributed by atoms with E-state index in [0.717, 1.165) is 11.5 Å². The highest BCUT2D eigenvalue weighted by atomic mass is 35.5. The molecule has 6 nitrogen and oxygen atoms in total. The lowest BCUT2D eigenvalue weighted by molar-refractivity contribution is 0.765. The molecule has 0 bridgehead atoms. The first kappa shape index (κ1) is 13.0. The van der Waals surface area contributed by atoms with Crippen LogP contribution >= 0.6 is 23.4 Å². The molecular formula is C10H12ClN5OS. The number of rotatable bonds is 4. The van der Waals surface area contributed by atoms with Crippen LogP contribution in [-0.4, -0.2) is 26.8 Å². The third-order valence-electron chi connectivity index (χ3n) is 2.35. The van der Waals surface area contributed by atoms with Crippen molar-refractivity contribution in [1.29, 1.82) is 0 Å². The molecule has 0 aromatic carbocycles. The Labute approximate surface area is 113 Å². The van der Waals surface area contributed by atoms with E-state index in [9.17, 15) is 4.79 Å². The van der Waals surface area contributed by atoms with Crippen LogP contribution in [0.1, 0.15) is 5.69 Å². The molecule has 0 saturated heterocycles. The minimum absolute atomic E-state index is 0.236. The molecule has 0 fully saturated rings. The van der Waals surface area contributed by atoms with Gasteiger partial charge in [0.2, 0.25) is 0 Å². The molecule has 2 N–H and O–H groups in total. The minimum Gasteiger partial charge on any atom is -0.373 e. The van der Waals surface area contributed by atoms with Crippen LogP contribution in [0.3, 0.4) is 0 Å². The van der Waals surface area contributed by atoms with Crippen molar-refractivity contribution in [3.05, 3.63) is 33.3 Å². The van der Waals surface area contributed by atoms with Crippen molar-refractivity contribution < 1.29 is 0 Å². The van der Waals surface area contributed by atoms with E-state index in [2.05, 4.69) is 20.5 Å². The average molecular weight is 286 g/mol. The number of hydrogen-bond acceptors (Lipinski definition) is 5. The fourth-order valence-corrected chi connectivity index (χ4v) is 2.44. The highest BCUT2D eigenvalue weighted by molar-refractivity contribution is 7.98. The fourth-order valence-electron chi connectivity index (χ4n) is 1.32. The van der Waals surface area contributed by atoms with Crippen LogP contribution in [0, 0.1) is 0 Å². The molecule has 0 unspecified atom stereocenters. The van der Waals surface area contributed by atoms with Crippen molar-refractivity contribution in [2.45, 2.75) is 10.9 Å². The third kappa shape index (κ3) is 2.68. The minimum atomic E-state index is -0.236. The van der Waals surface area contributed by atoms with Gasteiger partial charge in [0, 0.05) is 19.8 Å². The summed E-state index contributed by atoms with van der Waals surface area (Å²) in [4.78, 5) is 15.6. The van der Waals surface area contributed by atoms with Gasteiger partial charge >= 0.3 is 5.69 Å². The van der Waals surface area contributed by atoms with Gasteiger partial charge in [0.25, 0.3) is 0 Å². The van der Waals surface area contributed by atoms with Gasteiger partial charge in [-0.05, 0) is 12.1 Å². The molecule has 2 aromatic heterocycles. The van der Waals surface area contributed by atoms with Crippen LogP contribution in [0.25, 0.3) is 0 Å². The molecule has 0 amide bonds. The number of nitrogens with one attached hydrogen (secondary N) is 2. The Morgan fingerprint density at radius 2 is 2.33 bits per heavy atom. The first-order valence-electron chi connectivity index (χ1n) is 5.19. The molecule has 0 aliphatic rings. The van der Waals surface area contributed by atoms with Crippen molar-refractivity contribution in [3.63, 3.8) is 0 Å². The zero-order valence-corrected chi connectivity index (χ0v) is 11.5. The van der Waals surface area contributed by atoms with E-state index in [-0.39, 0.29) is 5.69 Å². The van der Waals surface area contributed by atoms with E-state index in [0.29, 0.717) is 15.9 Å². The Hall–Kier alpha value is -1.47. The maximum Gasteiger partial charge on any atom is 0.343 e. The van der Waals surface area contributed by atoms with Crippen molar-refractivity contribution in [1.82, 2.24) is 19.7 Å². The zero-order chi connectivity index (χ0) is 13.1. The predicted molar refractivity (Wildman–Crippen MR) is 72.2 cm³/mol. The van der Waals surface area contributed by atoms with Crippen LogP contribution in [0.5, 0.6) is 0 Å². The number of hydrogen-bond donors (Lipinski definition) is 2. The lowest BCUT2D eigenvalue weighted by atomic mass is 10.3. The van der Waals surface area contributed by atoms with E-state index in [4.69, 9.17) is 11.6 Å². The molecular weight excluding hydrogens is 274 g/mol. The summed E-state index contributed by atoms with van der Waals surface area (Å²) in [7, 11) is 3.46. The molecule has 2 aromatic rings. The summed E-state index contributed by atoms with van der Waals surface area (Å²) in [6.45, 7) is 0. The molecule has 0 spiro atoms. The van der Waals surface area contributed by atoms with Crippen LogP contribution in [0.2, 0.25) is 5.02 Å². The molecule has 0 saturated carbocycles. The van der Waals surface area contributed by atoms with E-state index >= 15 is 0 Å². The Balaban J connectivity index is 2.15. The average Bonchev–Trinajstić information content (AvgIpc) is 2.69. The van der Waals surface area contributed by atoms with Crippen LogP contribution < -0.4 is 11.0 Å². The number of aromatic amines is 1. The van der Waals surface area contributed by atoms with Crippen molar-refractivity contribution in [3.8, 4) is 0 Å². The maximum absolute atomic E-state index is 11.2. The predicted octanol–water partition coefficient (Wildman–Crippen LogP) is 1.49. The Bertz CT molecular complexity index is 609. The van der Waals surface area contributed by atoms with Crippen molar-refractivity contribution in [2.75, 3.05) is 12.4 Å². The van der Waals surface area contributed by atoms with E-state index in [1.54, 1.807) is 26.2 Å². The SMILES string of the molecule is CNc1ccc(Cl)c(CSc2n[nH]c(=O)n2C)n1. The highest BCUT2D eigenvalue weighted by Gasteiger charge is 2.08. The Morgan fingerprint density at radius 1 is 1.56 bits per heavy atom. The highest BCUT2D eigenvalue weighted by Crippen LogP contribution is 2.24. The molecule has 18 heavy (non-hydrogen) atoms. The zero-order valence-electron chi connectivity index (χ0n) is 9.90. The standard InChI is InChI=1S/C10H12ClN5OS/c1-12-8-4-3-6(11)7(13-8)5-18-10-15-14-9(17)16(10)2/h3-4H,5H2,1-2H3,(H,12,13)(H,14,17). The van der Waals surface area contributed by atoms with Gasteiger partial charge in [-0.15, -0.1) is 5.10 Å². The van der Waals surface area contributed by atoms with Gasteiger partial charge in [0.15, 0.2) is 5.16 Å². The van der Waals surface area contributed by atoms with Gasteiger partial charge in [0.05, 0.1) is 10.7 Å². The molecule has 0 aliphatic heterocycles. The number of nitrogens with zero attached hydrogens (tertiary/aromatic N) is 3. The van der Waals surface area contributed by atoms with Crippen LogP contribution in [-0.2, 0) is 12.8 Å². The Kier molecular flexibility index (Phi) is 3.93. The maximum atomic E-state index is 11.2. The summed E-state index contributed by atoms with van der Waals surface area (Å²) in [5.74, 6) is 1.30. The largest absolute Gasteiger partial charge is 0.373 e. The second-order valence-electron chi connectivity index (χ2n) is 3.53. The first-order valence-corrected chi connectivity index (χ1v) is 6.55. The van der Waals surface area contributed by atoms with Gasteiger partial charge in [-0.1, -0.05) is 23.4 Å². The summed E-state index contributed by atoms with van der Waals surface area (Å²) in [5, 5.41) is 10.4. The monoisotopic (exact) mass is 285 g/mol. The molecule has 96 valence electrons. The number of thioether (sulfide) groups is 1. The summed E-state index contributed by atoms with van der Waals surface area (Å²) in [6, 6.07) is 3.60. The normalized spacial score (nSPS) is 10.6. The smallest absolute Gasteiger partial charge is 0.343 e. The lowest BCUT2D eigenvalue weighted by Gasteiger charge is -2.05.